The van der Waals surface area contributed by atoms with Crippen molar-refractivity contribution in [2.75, 3.05) is 14.2 Å². The highest BCUT2D eigenvalue weighted by molar-refractivity contribution is 7.89. The topological polar surface area (TPSA) is 90.7 Å². The van der Waals surface area contributed by atoms with E-state index < -0.39 is 10.0 Å². The highest BCUT2D eigenvalue weighted by Crippen LogP contribution is 2.27. The van der Waals surface area contributed by atoms with Crippen molar-refractivity contribution in [2.24, 2.45) is 5.73 Å². The number of hydrogen-bond acceptors (Lipinski definition) is 5. The molecule has 0 spiro atoms. The van der Waals surface area contributed by atoms with E-state index in [9.17, 15) is 8.42 Å². The van der Waals surface area contributed by atoms with Crippen LogP contribution in [0, 0.1) is 0 Å². The zero-order chi connectivity index (χ0) is 15.5. The van der Waals surface area contributed by atoms with E-state index in [0.717, 1.165) is 18.4 Å². The van der Waals surface area contributed by atoms with E-state index in [1.165, 1.54) is 7.11 Å². The van der Waals surface area contributed by atoms with Gasteiger partial charge in [0.15, 0.2) is 0 Å². The second-order valence-corrected chi connectivity index (χ2v) is 6.86. The van der Waals surface area contributed by atoms with E-state index in [-0.39, 0.29) is 23.6 Å². The van der Waals surface area contributed by atoms with Crippen LogP contribution in [0.15, 0.2) is 23.1 Å². The van der Waals surface area contributed by atoms with E-state index in [0.29, 0.717) is 12.2 Å². The summed E-state index contributed by atoms with van der Waals surface area (Å²) in [5.74, 6) is 0.320. The normalized spacial score (nSPS) is 22.4. The molecule has 1 aliphatic carbocycles. The first-order chi connectivity index (χ1) is 10.00. The van der Waals surface area contributed by atoms with E-state index in [1.807, 2.05) is 0 Å². The van der Waals surface area contributed by atoms with Crippen LogP contribution in [0.4, 0.5) is 0 Å². The van der Waals surface area contributed by atoms with Crippen LogP contribution in [-0.2, 0) is 21.3 Å². The molecular weight excluding hydrogens is 292 g/mol. The first-order valence-corrected chi connectivity index (χ1v) is 8.40. The van der Waals surface area contributed by atoms with E-state index in [4.69, 9.17) is 15.2 Å². The zero-order valence-electron chi connectivity index (χ0n) is 12.3. The van der Waals surface area contributed by atoms with Crippen LogP contribution in [0.1, 0.15) is 24.8 Å². The summed E-state index contributed by atoms with van der Waals surface area (Å²) in [5.41, 5.74) is 6.33. The Labute approximate surface area is 125 Å². The van der Waals surface area contributed by atoms with Crippen molar-refractivity contribution >= 4 is 10.0 Å². The van der Waals surface area contributed by atoms with Crippen LogP contribution < -0.4 is 15.2 Å². The van der Waals surface area contributed by atoms with Crippen LogP contribution in [0.25, 0.3) is 0 Å². The molecule has 2 atom stereocenters. The summed E-state index contributed by atoms with van der Waals surface area (Å²) in [7, 11) is -0.537. The predicted octanol–water partition coefficient (Wildman–Crippen LogP) is 1.000. The van der Waals surface area contributed by atoms with Crippen molar-refractivity contribution in [2.45, 2.75) is 42.8 Å². The SMILES string of the molecule is COc1ccc(CN)cc1S(=O)(=O)NC1CCC(OC)C1. The third-order valence-electron chi connectivity index (χ3n) is 3.79. The number of nitrogens with two attached hydrogens (primary N) is 1. The van der Waals surface area contributed by atoms with Gasteiger partial charge in [-0.25, -0.2) is 13.1 Å². The van der Waals surface area contributed by atoms with Gasteiger partial charge in [0.1, 0.15) is 10.6 Å². The van der Waals surface area contributed by atoms with Gasteiger partial charge in [0.2, 0.25) is 10.0 Å². The molecule has 1 aliphatic rings. The molecule has 1 aromatic carbocycles. The third-order valence-corrected chi connectivity index (χ3v) is 5.33. The van der Waals surface area contributed by atoms with E-state index in [2.05, 4.69) is 4.72 Å². The van der Waals surface area contributed by atoms with Crippen LogP contribution in [0.5, 0.6) is 5.75 Å². The fraction of sp³-hybridized carbons (Fsp3) is 0.571. The smallest absolute Gasteiger partial charge is 0.244 e. The van der Waals surface area contributed by atoms with Crippen molar-refractivity contribution in [3.63, 3.8) is 0 Å². The molecule has 2 rings (SSSR count). The Morgan fingerprint density at radius 2 is 2.10 bits per heavy atom. The fourth-order valence-corrected chi connectivity index (χ4v) is 4.10. The van der Waals surface area contributed by atoms with Gasteiger partial charge in [0.25, 0.3) is 0 Å². The zero-order valence-corrected chi connectivity index (χ0v) is 13.2. The lowest BCUT2D eigenvalue weighted by molar-refractivity contribution is 0.107. The number of nitrogens with one attached hydrogen (secondary N) is 1. The Balaban J connectivity index is 2.23. The van der Waals surface area contributed by atoms with Crippen LogP contribution >= 0.6 is 0 Å². The number of hydrogen-bond donors (Lipinski definition) is 2. The number of methoxy groups -OCH3 is 2. The second kappa shape index (κ2) is 6.74. The Bertz CT molecular complexity index is 589. The third kappa shape index (κ3) is 3.74. The molecule has 0 saturated heterocycles. The highest BCUT2D eigenvalue weighted by atomic mass is 32.2. The maximum Gasteiger partial charge on any atom is 0.244 e. The molecule has 0 heterocycles. The monoisotopic (exact) mass is 314 g/mol. The number of benzene rings is 1. The molecule has 3 N–H and O–H groups in total. The molecule has 6 nitrogen and oxygen atoms in total. The maximum absolute atomic E-state index is 12.6. The summed E-state index contributed by atoms with van der Waals surface area (Å²) < 4.78 is 38.3. The number of ether oxygens (including phenoxy) is 2. The summed E-state index contributed by atoms with van der Waals surface area (Å²) in [4.78, 5) is 0.133. The molecule has 2 unspecified atom stereocenters. The quantitative estimate of drug-likeness (QED) is 0.817. The van der Waals surface area contributed by atoms with Crippen LogP contribution in [0.3, 0.4) is 0 Å². The van der Waals surface area contributed by atoms with Crippen LogP contribution in [-0.4, -0.2) is 34.8 Å². The van der Waals surface area contributed by atoms with Gasteiger partial charge in [-0.1, -0.05) is 6.07 Å². The van der Waals surface area contributed by atoms with Crippen molar-refractivity contribution in [1.82, 2.24) is 4.72 Å². The number of sulfonamides is 1. The standard InChI is InChI=1S/C14H22N2O4S/c1-19-12-5-4-11(8-12)16-21(17,18)14-7-10(9-15)3-6-13(14)20-2/h3,6-7,11-12,16H,4-5,8-9,15H2,1-2H3. The molecule has 7 heteroatoms. The van der Waals surface area contributed by atoms with Gasteiger partial charge in [-0.15, -0.1) is 0 Å². The van der Waals surface area contributed by atoms with Gasteiger partial charge in [-0.05, 0) is 37.0 Å². The van der Waals surface area contributed by atoms with Gasteiger partial charge < -0.3 is 15.2 Å². The Hall–Kier alpha value is -1.15. The molecule has 0 aromatic heterocycles. The second-order valence-electron chi connectivity index (χ2n) is 5.18. The lowest BCUT2D eigenvalue weighted by Crippen LogP contribution is -2.33. The molecule has 1 aromatic rings. The Morgan fingerprint density at radius 1 is 1.33 bits per heavy atom. The molecule has 118 valence electrons. The average Bonchev–Trinajstić information content (AvgIpc) is 2.93. The molecule has 1 fully saturated rings. The molecule has 0 bridgehead atoms. The predicted molar refractivity (Wildman–Crippen MR) is 79.6 cm³/mol. The molecule has 0 aliphatic heterocycles. The lowest BCUT2D eigenvalue weighted by atomic mass is 10.2. The summed E-state index contributed by atoms with van der Waals surface area (Å²) in [5, 5.41) is 0. The molecule has 1 saturated carbocycles. The van der Waals surface area contributed by atoms with Gasteiger partial charge in [-0.3, -0.25) is 0 Å². The minimum atomic E-state index is -3.64. The fourth-order valence-electron chi connectivity index (χ4n) is 2.60. The highest BCUT2D eigenvalue weighted by Gasteiger charge is 2.30. The molecular formula is C14H22N2O4S. The van der Waals surface area contributed by atoms with E-state index in [1.54, 1.807) is 25.3 Å². The Kier molecular flexibility index (Phi) is 5.21. The summed E-state index contributed by atoms with van der Waals surface area (Å²) in [6.07, 6.45) is 2.45. The molecule has 0 amide bonds. The van der Waals surface area contributed by atoms with Gasteiger partial charge in [0, 0.05) is 19.7 Å². The van der Waals surface area contributed by atoms with Crippen molar-refractivity contribution in [1.29, 1.82) is 0 Å². The van der Waals surface area contributed by atoms with Crippen molar-refractivity contribution in [3.8, 4) is 5.75 Å². The van der Waals surface area contributed by atoms with Gasteiger partial charge >= 0.3 is 0 Å². The summed E-state index contributed by atoms with van der Waals surface area (Å²) >= 11 is 0. The minimum absolute atomic E-state index is 0.105. The summed E-state index contributed by atoms with van der Waals surface area (Å²) in [6.45, 7) is 0.279. The Morgan fingerprint density at radius 3 is 2.67 bits per heavy atom. The first kappa shape index (κ1) is 16.2. The average molecular weight is 314 g/mol. The minimum Gasteiger partial charge on any atom is -0.495 e. The van der Waals surface area contributed by atoms with E-state index >= 15 is 0 Å². The maximum atomic E-state index is 12.6. The molecule has 0 radical (unpaired) electrons. The molecule has 21 heavy (non-hydrogen) atoms. The van der Waals surface area contributed by atoms with Crippen molar-refractivity contribution < 1.29 is 17.9 Å². The summed E-state index contributed by atoms with van der Waals surface area (Å²) in [6, 6.07) is 4.84. The first-order valence-electron chi connectivity index (χ1n) is 6.92. The van der Waals surface area contributed by atoms with Crippen molar-refractivity contribution in [3.05, 3.63) is 23.8 Å². The lowest BCUT2D eigenvalue weighted by Gasteiger charge is -2.16. The number of rotatable bonds is 6. The van der Waals surface area contributed by atoms with Gasteiger partial charge in [0.05, 0.1) is 13.2 Å². The van der Waals surface area contributed by atoms with Crippen LogP contribution in [0.2, 0.25) is 0 Å². The van der Waals surface area contributed by atoms with Gasteiger partial charge in [-0.2, -0.15) is 0 Å². The largest absolute Gasteiger partial charge is 0.495 e.